The lowest BCUT2D eigenvalue weighted by molar-refractivity contribution is -0.899. The van der Waals surface area contributed by atoms with E-state index in [1.165, 1.54) is 50.3 Å². The highest BCUT2D eigenvalue weighted by molar-refractivity contribution is 14.1. The van der Waals surface area contributed by atoms with Gasteiger partial charge in [0, 0.05) is 34.9 Å². The van der Waals surface area contributed by atoms with Gasteiger partial charge in [0.2, 0.25) is 11.4 Å². The van der Waals surface area contributed by atoms with Crippen LogP contribution in [0, 0.1) is 20.8 Å². The van der Waals surface area contributed by atoms with E-state index in [-0.39, 0.29) is 4.17 Å². The van der Waals surface area contributed by atoms with Gasteiger partial charge in [0.25, 0.3) is 0 Å². The minimum Gasteiger partial charge on any atom is -0.128 e. The summed E-state index contributed by atoms with van der Waals surface area (Å²) in [5.74, 6) is 0. The molecule has 1 unspecified atom stereocenters. The van der Waals surface area contributed by atoms with Crippen molar-refractivity contribution in [2.75, 3.05) is 0 Å². The van der Waals surface area contributed by atoms with Gasteiger partial charge in [0.05, 0.1) is 22.6 Å². The minimum absolute atomic E-state index is 0.0288. The van der Waals surface area contributed by atoms with Gasteiger partial charge in [-0.1, -0.05) is 66.7 Å². The van der Waals surface area contributed by atoms with Crippen molar-refractivity contribution in [3.05, 3.63) is 132 Å². The quantitative estimate of drug-likeness (QED) is 0.117. The van der Waals surface area contributed by atoms with E-state index in [2.05, 4.69) is 168 Å². The van der Waals surface area contributed by atoms with Crippen LogP contribution in [0.25, 0.3) is 33.6 Å². The lowest BCUT2D eigenvalue weighted by Crippen LogP contribution is -2.56. The third kappa shape index (κ3) is 4.65. The summed E-state index contributed by atoms with van der Waals surface area (Å²) in [6, 6.07) is 36.7. The molecule has 0 bridgehead atoms. The molecule has 3 heteroatoms. The summed E-state index contributed by atoms with van der Waals surface area (Å²) in [5, 5.41) is 0. The van der Waals surface area contributed by atoms with Crippen molar-refractivity contribution in [1.82, 2.24) is 0 Å². The number of aryl methyl sites for hydroxylation is 3. The van der Waals surface area contributed by atoms with Gasteiger partial charge in [-0.2, -0.15) is 0 Å². The van der Waals surface area contributed by atoms with Crippen molar-refractivity contribution >= 4 is 22.6 Å². The molecule has 0 aliphatic rings. The minimum atomic E-state index is 0.0288. The van der Waals surface area contributed by atoms with E-state index in [4.69, 9.17) is 0 Å². The Morgan fingerprint density at radius 2 is 1.11 bits per heavy atom. The molecule has 0 spiro atoms. The van der Waals surface area contributed by atoms with Gasteiger partial charge in [-0.15, -0.1) is 9.13 Å². The average Bonchev–Trinajstić information content (AvgIpc) is 2.89. The lowest BCUT2D eigenvalue weighted by atomic mass is 9.98. The molecule has 0 N–H and O–H groups in total. The van der Waals surface area contributed by atoms with Gasteiger partial charge < -0.3 is 0 Å². The first kappa shape index (κ1) is 23.4. The molecule has 0 saturated carbocycles. The van der Waals surface area contributed by atoms with Crippen molar-refractivity contribution in [2.24, 2.45) is 0 Å². The number of aromatic nitrogens is 2. The number of hydrogen-bond acceptors (Lipinski definition) is 0. The van der Waals surface area contributed by atoms with Crippen LogP contribution in [0.3, 0.4) is 0 Å². The van der Waals surface area contributed by atoms with E-state index in [0.29, 0.717) is 0 Å². The van der Waals surface area contributed by atoms with Gasteiger partial charge in [-0.3, -0.25) is 0 Å². The molecule has 2 nitrogen and oxygen atoms in total. The third-order valence-electron chi connectivity index (χ3n) is 6.60. The molecular weight excluding hydrogens is 539 g/mol. The SMILES string of the molecule is Cc1cc(-c2ccccc2C)[n+](C(I)[n+]2ccccc2-c2ccccc2C)cc1-c1ccccc1. The molecule has 2 aromatic heterocycles. The van der Waals surface area contributed by atoms with Crippen LogP contribution in [0.2, 0.25) is 0 Å². The second-order valence-electron chi connectivity index (χ2n) is 8.96. The van der Waals surface area contributed by atoms with Gasteiger partial charge in [-0.25, -0.2) is 0 Å². The lowest BCUT2D eigenvalue weighted by Gasteiger charge is -2.14. The fourth-order valence-electron chi connectivity index (χ4n) is 4.71. The van der Waals surface area contributed by atoms with Crippen molar-refractivity contribution in [3.63, 3.8) is 0 Å². The Bertz CT molecular complexity index is 1490. The molecule has 35 heavy (non-hydrogen) atoms. The van der Waals surface area contributed by atoms with Crippen LogP contribution in [0.4, 0.5) is 0 Å². The highest BCUT2D eigenvalue weighted by Gasteiger charge is 2.33. The molecule has 1 atom stereocenters. The summed E-state index contributed by atoms with van der Waals surface area (Å²) in [6.07, 6.45) is 4.51. The summed E-state index contributed by atoms with van der Waals surface area (Å²) < 4.78 is 4.82. The topological polar surface area (TPSA) is 7.76 Å². The molecule has 2 heterocycles. The number of halogens is 1. The highest BCUT2D eigenvalue weighted by Crippen LogP contribution is 2.29. The largest absolute Gasteiger partial charge is 0.400 e. The van der Waals surface area contributed by atoms with Gasteiger partial charge in [0.15, 0.2) is 12.4 Å². The average molecular weight is 569 g/mol. The second kappa shape index (κ2) is 10.1. The predicted octanol–water partition coefficient (Wildman–Crippen LogP) is 7.63. The van der Waals surface area contributed by atoms with E-state index in [1.807, 2.05) is 0 Å². The van der Waals surface area contributed by atoms with E-state index in [9.17, 15) is 0 Å². The smallest absolute Gasteiger partial charge is 0.128 e. The maximum atomic E-state index is 2.58. The van der Waals surface area contributed by atoms with Crippen LogP contribution in [-0.4, -0.2) is 0 Å². The molecule has 5 aromatic rings. The standard InChI is InChI=1S/C32H29IN2/c1-23-13-7-9-17-27(23)30-19-11-12-20-34(30)32(33)35-22-29(26-15-5-4-6-16-26)25(3)21-31(35)28-18-10-8-14-24(28)2/h4-22,32H,1-3H3/q+2. The number of alkyl halides is 1. The van der Waals surface area contributed by atoms with Crippen molar-refractivity contribution in [1.29, 1.82) is 0 Å². The second-order valence-corrected chi connectivity index (χ2v) is 10.1. The van der Waals surface area contributed by atoms with Crippen LogP contribution >= 0.6 is 22.6 Å². The Morgan fingerprint density at radius 3 is 1.77 bits per heavy atom. The normalized spacial score (nSPS) is 11.9. The van der Waals surface area contributed by atoms with E-state index in [1.54, 1.807) is 0 Å². The van der Waals surface area contributed by atoms with Gasteiger partial charge in [0.1, 0.15) is 0 Å². The van der Waals surface area contributed by atoms with E-state index < -0.39 is 0 Å². The van der Waals surface area contributed by atoms with Crippen LogP contribution in [0.1, 0.15) is 20.9 Å². The van der Waals surface area contributed by atoms with E-state index >= 15 is 0 Å². The van der Waals surface area contributed by atoms with Crippen molar-refractivity contribution in [3.8, 4) is 33.6 Å². The summed E-state index contributed by atoms with van der Waals surface area (Å²) in [4.78, 5) is 0. The van der Waals surface area contributed by atoms with Crippen molar-refractivity contribution < 1.29 is 9.13 Å². The Labute approximate surface area is 221 Å². The number of hydrogen-bond donors (Lipinski definition) is 0. The fraction of sp³-hybridized carbons (Fsp3) is 0.125. The van der Waals surface area contributed by atoms with Crippen LogP contribution in [-0.2, 0) is 0 Å². The molecule has 0 saturated heterocycles. The zero-order chi connectivity index (χ0) is 24.4. The molecule has 0 aliphatic heterocycles. The number of rotatable bonds is 5. The summed E-state index contributed by atoms with van der Waals surface area (Å²) in [6.45, 7) is 6.59. The molecule has 3 aromatic carbocycles. The Balaban J connectivity index is 1.75. The zero-order valence-electron chi connectivity index (χ0n) is 20.3. The summed E-state index contributed by atoms with van der Waals surface area (Å²) in [5.41, 5.74) is 11.2. The molecule has 0 radical (unpaired) electrons. The first-order chi connectivity index (χ1) is 17.0. The maximum absolute atomic E-state index is 2.58. The van der Waals surface area contributed by atoms with Crippen LogP contribution in [0.15, 0.2) is 116 Å². The third-order valence-corrected chi connectivity index (χ3v) is 7.80. The van der Waals surface area contributed by atoms with Crippen LogP contribution in [0.5, 0.6) is 0 Å². The first-order valence-electron chi connectivity index (χ1n) is 11.9. The molecule has 0 amide bonds. The Morgan fingerprint density at radius 1 is 0.543 bits per heavy atom. The molecule has 0 aliphatic carbocycles. The van der Waals surface area contributed by atoms with Crippen LogP contribution < -0.4 is 9.13 Å². The Hall–Kier alpha value is -3.31. The summed E-state index contributed by atoms with van der Waals surface area (Å²) >= 11 is 2.58. The zero-order valence-corrected chi connectivity index (χ0v) is 22.5. The highest BCUT2D eigenvalue weighted by atomic mass is 127. The fourth-order valence-corrected chi connectivity index (χ4v) is 5.65. The molecule has 5 rings (SSSR count). The molecular formula is C32H29IN2+2. The van der Waals surface area contributed by atoms with Crippen molar-refractivity contribution in [2.45, 2.75) is 24.9 Å². The summed E-state index contributed by atoms with van der Waals surface area (Å²) in [7, 11) is 0. The molecule has 172 valence electrons. The number of pyridine rings is 2. The van der Waals surface area contributed by atoms with E-state index in [0.717, 1.165) is 0 Å². The number of benzene rings is 3. The number of nitrogens with zero attached hydrogens (tertiary/aromatic N) is 2. The molecule has 0 fully saturated rings. The Kier molecular flexibility index (Phi) is 6.78. The maximum Gasteiger partial charge on any atom is 0.400 e. The van der Waals surface area contributed by atoms with Gasteiger partial charge in [-0.05, 0) is 61.2 Å². The predicted molar refractivity (Wildman–Crippen MR) is 152 cm³/mol. The monoisotopic (exact) mass is 568 g/mol. The van der Waals surface area contributed by atoms with Gasteiger partial charge >= 0.3 is 4.17 Å². The first-order valence-corrected chi connectivity index (χ1v) is 13.2.